The molecular formula is C19H26N4O2. The first kappa shape index (κ1) is 17.3. The SMILES string of the molecule is CCCNC(=O)c1ccc2c(c1)N1C(=CNC1C(CC)CC)C(=O)N2. The monoisotopic (exact) mass is 342 g/mol. The lowest BCUT2D eigenvalue weighted by Crippen LogP contribution is -2.46. The van der Waals surface area contributed by atoms with Gasteiger partial charge in [0.1, 0.15) is 11.9 Å². The molecule has 134 valence electrons. The first-order valence-corrected chi connectivity index (χ1v) is 9.09. The average molecular weight is 342 g/mol. The lowest BCUT2D eigenvalue weighted by atomic mass is 9.97. The summed E-state index contributed by atoms with van der Waals surface area (Å²) in [7, 11) is 0. The number of carbonyl (C=O) groups excluding carboxylic acids is 2. The van der Waals surface area contributed by atoms with Crippen molar-refractivity contribution in [3.63, 3.8) is 0 Å². The highest BCUT2D eigenvalue weighted by Crippen LogP contribution is 2.39. The van der Waals surface area contributed by atoms with Crippen molar-refractivity contribution >= 4 is 23.2 Å². The molecule has 2 heterocycles. The van der Waals surface area contributed by atoms with Gasteiger partial charge in [-0.05, 0) is 43.4 Å². The van der Waals surface area contributed by atoms with Gasteiger partial charge in [0.15, 0.2) is 0 Å². The van der Waals surface area contributed by atoms with Crippen LogP contribution in [0, 0.1) is 5.92 Å². The van der Waals surface area contributed by atoms with Crippen LogP contribution in [-0.4, -0.2) is 24.5 Å². The van der Waals surface area contributed by atoms with E-state index in [1.165, 1.54) is 0 Å². The number of hydrogen-bond donors (Lipinski definition) is 3. The summed E-state index contributed by atoms with van der Waals surface area (Å²) in [6.07, 6.45) is 4.74. The number of nitrogens with one attached hydrogen (secondary N) is 3. The second kappa shape index (κ2) is 7.17. The summed E-state index contributed by atoms with van der Waals surface area (Å²) in [4.78, 5) is 26.8. The van der Waals surface area contributed by atoms with E-state index in [-0.39, 0.29) is 18.0 Å². The summed E-state index contributed by atoms with van der Waals surface area (Å²) in [6.45, 7) is 7.00. The third-order valence-electron chi connectivity index (χ3n) is 4.96. The van der Waals surface area contributed by atoms with Gasteiger partial charge in [0, 0.05) is 18.3 Å². The average Bonchev–Trinajstić information content (AvgIpc) is 3.06. The van der Waals surface area contributed by atoms with Gasteiger partial charge in [0.2, 0.25) is 0 Å². The molecule has 25 heavy (non-hydrogen) atoms. The normalized spacial score (nSPS) is 18.2. The Bertz CT molecular complexity index is 709. The maximum Gasteiger partial charge on any atom is 0.273 e. The zero-order valence-corrected chi connectivity index (χ0v) is 15.1. The van der Waals surface area contributed by atoms with Crippen LogP contribution < -0.4 is 20.9 Å². The Morgan fingerprint density at radius 1 is 1.28 bits per heavy atom. The third kappa shape index (κ3) is 3.08. The molecule has 1 unspecified atom stereocenters. The predicted molar refractivity (Wildman–Crippen MR) is 99.3 cm³/mol. The number of nitrogens with zero attached hydrogens (tertiary/aromatic N) is 1. The molecule has 1 aromatic carbocycles. The molecule has 0 bridgehead atoms. The summed E-state index contributed by atoms with van der Waals surface area (Å²) in [5.41, 5.74) is 2.83. The highest BCUT2D eigenvalue weighted by molar-refractivity contribution is 6.13. The minimum absolute atomic E-state index is 0.0313. The van der Waals surface area contributed by atoms with E-state index >= 15 is 0 Å². The minimum atomic E-state index is -0.114. The van der Waals surface area contributed by atoms with Crippen molar-refractivity contribution < 1.29 is 9.59 Å². The molecule has 2 aliphatic heterocycles. The Kier molecular flexibility index (Phi) is 4.97. The molecule has 2 amide bonds. The van der Waals surface area contributed by atoms with Gasteiger partial charge in [-0.25, -0.2) is 0 Å². The van der Waals surface area contributed by atoms with Crippen LogP contribution >= 0.6 is 0 Å². The standard InChI is InChI=1S/C19H26N4O2/c1-4-9-20-18(24)13-7-8-14-15(10-13)23-16(19(25)22-14)11-21-17(23)12(5-2)6-3/h7-8,10-12,17,21H,4-6,9H2,1-3H3,(H,20,24)(H,22,25). The number of benzene rings is 1. The van der Waals surface area contributed by atoms with E-state index in [1.807, 2.05) is 24.0 Å². The molecule has 0 spiro atoms. The lowest BCUT2D eigenvalue weighted by molar-refractivity contribution is -0.113. The molecule has 0 saturated carbocycles. The van der Waals surface area contributed by atoms with Crippen LogP contribution in [0.4, 0.5) is 11.4 Å². The molecule has 0 aliphatic carbocycles. The summed E-state index contributed by atoms with van der Waals surface area (Å²) >= 11 is 0. The number of rotatable bonds is 6. The van der Waals surface area contributed by atoms with Gasteiger partial charge < -0.3 is 20.9 Å². The van der Waals surface area contributed by atoms with Gasteiger partial charge in [0.25, 0.3) is 11.8 Å². The van der Waals surface area contributed by atoms with Gasteiger partial charge in [-0.15, -0.1) is 0 Å². The maximum absolute atomic E-state index is 12.4. The molecule has 0 saturated heterocycles. The second-order valence-corrected chi connectivity index (χ2v) is 6.53. The van der Waals surface area contributed by atoms with Crippen molar-refractivity contribution in [3.05, 3.63) is 35.7 Å². The number of hydrogen-bond acceptors (Lipinski definition) is 4. The Hall–Kier alpha value is -2.50. The Labute approximate surface area is 148 Å². The van der Waals surface area contributed by atoms with Crippen molar-refractivity contribution in [2.75, 3.05) is 16.8 Å². The zero-order valence-electron chi connectivity index (χ0n) is 15.1. The van der Waals surface area contributed by atoms with Crippen molar-refractivity contribution in [2.24, 2.45) is 5.92 Å². The molecule has 1 atom stereocenters. The van der Waals surface area contributed by atoms with Crippen molar-refractivity contribution in [1.29, 1.82) is 0 Å². The highest BCUT2D eigenvalue weighted by Gasteiger charge is 2.39. The molecule has 3 N–H and O–H groups in total. The summed E-state index contributed by atoms with van der Waals surface area (Å²) in [6, 6.07) is 5.44. The van der Waals surface area contributed by atoms with E-state index < -0.39 is 0 Å². The molecule has 6 heteroatoms. The van der Waals surface area contributed by atoms with Crippen LogP contribution in [0.15, 0.2) is 30.1 Å². The second-order valence-electron chi connectivity index (χ2n) is 6.53. The van der Waals surface area contributed by atoms with Gasteiger partial charge in [-0.2, -0.15) is 0 Å². The van der Waals surface area contributed by atoms with Crippen LogP contribution in [-0.2, 0) is 4.79 Å². The number of fused-ring (bicyclic) bond motifs is 3. The largest absolute Gasteiger partial charge is 0.369 e. The first-order chi connectivity index (χ1) is 12.1. The summed E-state index contributed by atoms with van der Waals surface area (Å²) in [5, 5.41) is 9.18. The van der Waals surface area contributed by atoms with E-state index in [9.17, 15) is 9.59 Å². The van der Waals surface area contributed by atoms with E-state index in [0.29, 0.717) is 23.7 Å². The molecule has 0 radical (unpaired) electrons. The van der Waals surface area contributed by atoms with Crippen molar-refractivity contribution in [2.45, 2.75) is 46.2 Å². The van der Waals surface area contributed by atoms with Gasteiger partial charge in [-0.1, -0.05) is 20.8 Å². The van der Waals surface area contributed by atoms with E-state index in [0.717, 1.165) is 30.6 Å². The highest BCUT2D eigenvalue weighted by atomic mass is 16.2. The van der Waals surface area contributed by atoms with Crippen LogP contribution in [0.1, 0.15) is 50.4 Å². The molecule has 3 rings (SSSR count). The maximum atomic E-state index is 12.4. The number of anilines is 2. The van der Waals surface area contributed by atoms with Crippen LogP contribution in [0.5, 0.6) is 0 Å². The van der Waals surface area contributed by atoms with E-state index in [2.05, 4.69) is 29.8 Å². The minimum Gasteiger partial charge on any atom is -0.369 e. The molecule has 0 fully saturated rings. The molecule has 6 nitrogen and oxygen atoms in total. The van der Waals surface area contributed by atoms with E-state index in [4.69, 9.17) is 0 Å². The Morgan fingerprint density at radius 3 is 2.72 bits per heavy atom. The summed E-state index contributed by atoms with van der Waals surface area (Å²) < 4.78 is 0. The van der Waals surface area contributed by atoms with Crippen LogP contribution in [0.3, 0.4) is 0 Å². The fraction of sp³-hybridized carbons (Fsp3) is 0.474. The zero-order chi connectivity index (χ0) is 18.0. The van der Waals surface area contributed by atoms with E-state index in [1.54, 1.807) is 12.3 Å². The third-order valence-corrected chi connectivity index (χ3v) is 4.96. The number of amides is 2. The molecule has 0 aromatic heterocycles. The Balaban J connectivity index is 1.98. The predicted octanol–water partition coefficient (Wildman–Crippen LogP) is 2.79. The fourth-order valence-corrected chi connectivity index (χ4v) is 3.50. The van der Waals surface area contributed by atoms with Crippen molar-refractivity contribution in [3.8, 4) is 0 Å². The quantitative estimate of drug-likeness (QED) is 0.743. The fourth-order valence-electron chi connectivity index (χ4n) is 3.50. The molecule has 2 aliphatic rings. The van der Waals surface area contributed by atoms with Crippen LogP contribution in [0.25, 0.3) is 0 Å². The summed E-state index contributed by atoms with van der Waals surface area (Å²) in [5.74, 6) is 0.208. The molecule has 1 aromatic rings. The lowest BCUT2D eigenvalue weighted by Gasteiger charge is -2.37. The molecular weight excluding hydrogens is 316 g/mol. The van der Waals surface area contributed by atoms with Gasteiger partial charge in [-0.3, -0.25) is 9.59 Å². The van der Waals surface area contributed by atoms with Gasteiger partial charge >= 0.3 is 0 Å². The topological polar surface area (TPSA) is 73.5 Å². The van der Waals surface area contributed by atoms with Crippen molar-refractivity contribution in [1.82, 2.24) is 10.6 Å². The smallest absolute Gasteiger partial charge is 0.273 e. The number of carbonyl (C=O) groups is 2. The first-order valence-electron chi connectivity index (χ1n) is 9.09. The van der Waals surface area contributed by atoms with Gasteiger partial charge in [0.05, 0.1) is 11.4 Å². The Morgan fingerprint density at radius 2 is 2.04 bits per heavy atom. The van der Waals surface area contributed by atoms with Crippen LogP contribution in [0.2, 0.25) is 0 Å².